The van der Waals surface area contributed by atoms with Gasteiger partial charge in [0.15, 0.2) is 0 Å². The third kappa shape index (κ3) is 2.32. The number of amides is 1. The maximum atomic E-state index is 11.7. The predicted octanol–water partition coefficient (Wildman–Crippen LogP) is 1.92. The van der Waals surface area contributed by atoms with E-state index >= 15 is 0 Å². The van der Waals surface area contributed by atoms with Crippen molar-refractivity contribution in [2.75, 3.05) is 17.2 Å². The standard InChI is InChI=1S/C15H22N4O/c16-11-8-12(14(17)20)15(18-9-11)19-7-3-5-10-4-1-2-6-13(10)19/h8-10,13H,1-7,16H2,(H2,17,20)/t10-,13-/m1/s1. The van der Waals surface area contributed by atoms with Crippen LogP contribution in [-0.2, 0) is 0 Å². The van der Waals surface area contributed by atoms with Crippen molar-refractivity contribution in [1.29, 1.82) is 0 Å². The van der Waals surface area contributed by atoms with Crippen LogP contribution in [0.1, 0.15) is 48.9 Å². The van der Waals surface area contributed by atoms with Crippen molar-refractivity contribution in [2.45, 2.75) is 44.6 Å². The van der Waals surface area contributed by atoms with Crippen LogP contribution in [0.4, 0.5) is 11.5 Å². The SMILES string of the molecule is NC(=O)c1cc(N)cnc1N1CCC[C@H]2CCCC[C@H]21. The van der Waals surface area contributed by atoms with Crippen molar-refractivity contribution < 1.29 is 4.79 Å². The molecule has 2 atom stereocenters. The summed E-state index contributed by atoms with van der Waals surface area (Å²) in [6, 6.07) is 2.16. The molecule has 20 heavy (non-hydrogen) atoms. The van der Waals surface area contributed by atoms with Gasteiger partial charge in [-0.05, 0) is 37.7 Å². The van der Waals surface area contributed by atoms with E-state index in [0.717, 1.165) is 24.7 Å². The smallest absolute Gasteiger partial charge is 0.252 e. The second kappa shape index (κ2) is 5.31. The van der Waals surface area contributed by atoms with Gasteiger partial charge in [0, 0.05) is 12.6 Å². The van der Waals surface area contributed by atoms with Crippen LogP contribution in [0.5, 0.6) is 0 Å². The molecule has 0 bridgehead atoms. The number of pyridine rings is 1. The highest BCUT2D eigenvalue weighted by Crippen LogP contribution is 2.38. The van der Waals surface area contributed by atoms with Crippen molar-refractivity contribution in [2.24, 2.45) is 11.7 Å². The molecule has 1 amide bonds. The van der Waals surface area contributed by atoms with Crippen molar-refractivity contribution >= 4 is 17.4 Å². The number of aromatic nitrogens is 1. The predicted molar refractivity (Wildman–Crippen MR) is 79.5 cm³/mol. The van der Waals surface area contributed by atoms with E-state index in [0.29, 0.717) is 17.3 Å². The number of piperidine rings is 1. The Balaban J connectivity index is 1.96. The summed E-state index contributed by atoms with van der Waals surface area (Å²) in [4.78, 5) is 18.4. The Morgan fingerprint density at radius 3 is 2.80 bits per heavy atom. The summed E-state index contributed by atoms with van der Waals surface area (Å²) in [5.41, 5.74) is 12.2. The molecule has 3 rings (SSSR count). The molecule has 4 N–H and O–H groups in total. The number of nitrogens with zero attached hydrogens (tertiary/aromatic N) is 2. The van der Waals surface area contributed by atoms with Gasteiger partial charge in [0.1, 0.15) is 5.82 Å². The molecule has 1 aromatic rings. The monoisotopic (exact) mass is 274 g/mol. The van der Waals surface area contributed by atoms with Crippen LogP contribution in [0.15, 0.2) is 12.3 Å². The van der Waals surface area contributed by atoms with Crippen molar-refractivity contribution in [1.82, 2.24) is 4.98 Å². The maximum Gasteiger partial charge on any atom is 0.252 e. The molecule has 1 saturated heterocycles. The lowest BCUT2D eigenvalue weighted by molar-refractivity contribution is 0.1000. The fourth-order valence-electron chi connectivity index (χ4n) is 3.77. The summed E-state index contributed by atoms with van der Waals surface area (Å²) in [6.07, 6.45) is 9.14. The Hall–Kier alpha value is -1.78. The molecule has 0 spiro atoms. The summed E-state index contributed by atoms with van der Waals surface area (Å²) in [5, 5.41) is 0. The van der Waals surface area contributed by atoms with Crippen LogP contribution in [0.3, 0.4) is 0 Å². The second-order valence-corrected chi connectivity index (χ2v) is 5.95. The van der Waals surface area contributed by atoms with Gasteiger partial charge in [0.25, 0.3) is 5.91 Å². The van der Waals surface area contributed by atoms with Gasteiger partial charge in [0.2, 0.25) is 0 Å². The van der Waals surface area contributed by atoms with Crippen LogP contribution in [0.2, 0.25) is 0 Å². The van der Waals surface area contributed by atoms with E-state index in [1.165, 1.54) is 32.1 Å². The first-order valence-electron chi connectivity index (χ1n) is 7.49. The number of primary amides is 1. The number of anilines is 2. The van der Waals surface area contributed by atoms with Gasteiger partial charge < -0.3 is 16.4 Å². The molecule has 5 heteroatoms. The number of carbonyl (C=O) groups excluding carboxylic acids is 1. The third-order valence-electron chi connectivity index (χ3n) is 4.67. The molecule has 1 aliphatic heterocycles. The first-order chi connectivity index (χ1) is 9.66. The average Bonchev–Trinajstić information content (AvgIpc) is 2.46. The molecule has 1 aromatic heterocycles. The molecular formula is C15H22N4O. The molecule has 1 saturated carbocycles. The van der Waals surface area contributed by atoms with Gasteiger partial charge in [-0.1, -0.05) is 12.8 Å². The second-order valence-electron chi connectivity index (χ2n) is 5.95. The number of hydrogen-bond acceptors (Lipinski definition) is 4. The Kier molecular flexibility index (Phi) is 3.51. The summed E-state index contributed by atoms with van der Waals surface area (Å²) in [6.45, 7) is 0.957. The van der Waals surface area contributed by atoms with E-state index in [1.54, 1.807) is 12.3 Å². The summed E-state index contributed by atoms with van der Waals surface area (Å²) in [7, 11) is 0. The number of carbonyl (C=O) groups is 1. The zero-order valence-electron chi connectivity index (χ0n) is 11.7. The topological polar surface area (TPSA) is 85.2 Å². The van der Waals surface area contributed by atoms with Crippen molar-refractivity contribution in [3.63, 3.8) is 0 Å². The highest BCUT2D eigenvalue weighted by molar-refractivity contribution is 5.98. The lowest BCUT2D eigenvalue weighted by Crippen LogP contribution is -2.48. The molecule has 5 nitrogen and oxygen atoms in total. The normalized spacial score (nSPS) is 26.1. The van der Waals surface area contributed by atoms with Gasteiger partial charge in [-0.3, -0.25) is 4.79 Å². The molecule has 0 aromatic carbocycles. The summed E-state index contributed by atoms with van der Waals surface area (Å²) < 4.78 is 0. The number of nitrogen functional groups attached to an aromatic ring is 1. The number of fused-ring (bicyclic) bond motifs is 1. The first kappa shape index (κ1) is 13.2. The van der Waals surface area contributed by atoms with E-state index in [9.17, 15) is 4.79 Å². The van der Waals surface area contributed by atoms with Crippen LogP contribution < -0.4 is 16.4 Å². The molecule has 1 aliphatic carbocycles. The zero-order valence-corrected chi connectivity index (χ0v) is 11.7. The van der Waals surface area contributed by atoms with E-state index < -0.39 is 5.91 Å². The maximum absolute atomic E-state index is 11.7. The van der Waals surface area contributed by atoms with E-state index in [2.05, 4.69) is 9.88 Å². The molecule has 2 aliphatic rings. The molecule has 108 valence electrons. The molecule has 0 unspecified atom stereocenters. The van der Waals surface area contributed by atoms with E-state index in [4.69, 9.17) is 11.5 Å². The van der Waals surface area contributed by atoms with Gasteiger partial charge in [-0.25, -0.2) is 4.98 Å². The molecule has 2 heterocycles. The van der Waals surface area contributed by atoms with Crippen LogP contribution in [-0.4, -0.2) is 23.5 Å². The summed E-state index contributed by atoms with van der Waals surface area (Å²) >= 11 is 0. The van der Waals surface area contributed by atoms with Crippen LogP contribution in [0.25, 0.3) is 0 Å². The minimum atomic E-state index is -0.447. The van der Waals surface area contributed by atoms with Crippen molar-refractivity contribution in [3.8, 4) is 0 Å². The lowest BCUT2D eigenvalue weighted by atomic mass is 9.78. The van der Waals surface area contributed by atoms with Gasteiger partial charge in [0.05, 0.1) is 17.4 Å². The van der Waals surface area contributed by atoms with Gasteiger partial charge in [-0.15, -0.1) is 0 Å². The first-order valence-corrected chi connectivity index (χ1v) is 7.49. The number of nitrogens with two attached hydrogens (primary N) is 2. The van der Waals surface area contributed by atoms with Gasteiger partial charge >= 0.3 is 0 Å². The van der Waals surface area contributed by atoms with E-state index in [1.807, 2.05) is 0 Å². The molecule has 2 fully saturated rings. The highest BCUT2D eigenvalue weighted by atomic mass is 16.1. The van der Waals surface area contributed by atoms with Crippen molar-refractivity contribution in [3.05, 3.63) is 17.8 Å². The average molecular weight is 274 g/mol. The fourth-order valence-corrected chi connectivity index (χ4v) is 3.77. The fraction of sp³-hybridized carbons (Fsp3) is 0.600. The largest absolute Gasteiger partial charge is 0.397 e. The quantitative estimate of drug-likeness (QED) is 0.862. The minimum Gasteiger partial charge on any atom is -0.397 e. The lowest BCUT2D eigenvalue weighted by Gasteiger charge is -2.45. The Morgan fingerprint density at radius 1 is 1.25 bits per heavy atom. The summed E-state index contributed by atoms with van der Waals surface area (Å²) in [5.74, 6) is 1.01. The highest BCUT2D eigenvalue weighted by Gasteiger charge is 2.35. The Bertz CT molecular complexity index is 515. The minimum absolute atomic E-state index is 0.447. The van der Waals surface area contributed by atoms with Crippen LogP contribution in [0, 0.1) is 5.92 Å². The number of rotatable bonds is 2. The Morgan fingerprint density at radius 2 is 2.00 bits per heavy atom. The molecule has 0 radical (unpaired) electrons. The van der Waals surface area contributed by atoms with Crippen LogP contribution >= 0.6 is 0 Å². The third-order valence-corrected chi connectivity index (χ3v) is 4.67. The zero-order chi connectivity index (χ0) is 14.1. The molecular weight excluding hydrogens is 252 g/mol. The Labute approximate surface area is 119 Å². The number of hydrogen-bond donors (Lipinski definition) is 2. The van der Waals surface area contributed by atoms with E-state index in [-0.39, 0.29) is 0 Å². The van der Waals surface area contributed by atoms with Gasteiger partial charge in [-0.2, -0.15) is 0 Å².